The van der Waals surface area contributed by atoms with Gasteiger partial charge in [-0.05, 0) is 24.6 Å². The highest BCUT2D eigenvalue weighted by Gasteiger charge is 2.22. The summed E-state index contributed by atoms with van der Waals surface area (Å²) in [5.41, 5.74) is -0.169. The number of fused-ring (bicyclic) bond motifs is 1. The molecule has 1 N–H and O–H groups in total. The molecule has 1 atom stereocenters. The molecule has 0 aliphatic carbocycles. The Morgan fingerprint density at radius 2 is 2.26 bits per heavy atom. The minimum Gasteiger partial charge on any atom is -0.497 e. The molecule has 6 nitrogen and oxygen atoms in total. The minimum atomic E-state index is -0.391. The number of hydrogen-bond acceptors (Lipinski definition) is 4. The Morgan fingerprint density at radius 3 is 2.95 bits per heavy atom. The normalized spacial score (nSPS) is 18.9. The summed E-state index contributed by atoms with van der Waals surface area (Å²) in [5, 5.41) is 0.450. The number of benzene rings is 1. The fraction of sp³-hybridized carbons (Fsp3) is 0.385. The van der Waals surface area contributed by atoms with Crippen molar-refractivity contribution in [2.24, 2.45) is 0 Å². The number of nitrogens with zero attached hydrogens (tertiary/aromatic N) is 1. The van der Waals surface area contributed by atoms with Gasteiger partial charge in [0.2, 0.25) is 0 Å². The molecule has 1 aliphatic heterocycles. The Kier molecular flexibility index (Phi) is 2.87. The number of nitrogens with one attached hydrogen (secondary N) is 1. The molecule has 6 heteroatoms. The molecule has 0 bridgehead atoms. The Labute approximate surface area is 108 Å². The fourth-order valence-electron chi connectivity index (χ4n) is 2.39. The van der Waals surface area contributed by atoms with Crippen molar-refractivity contribution in [3.05, 3.63) is 39.0 Å². The largest absolute Gasteiger partial charge is 0.497 e. The molecule has 19 heavy (non-hydrogen) atoms. The number of H-pyrrole nitrogens is 1. The first-order valence-electron chi connectivity index (χ1n) is 6.11. The molecule has 3 rings (SSSR count). The van der Waals surface area contributed by atoms with E-state index in [1.165, 1.54) is 11.7 Å². The molecule has 1 fully saturated rings. The second-order valence-corrected chi connectivity index (χ2v) is 4.53. The van der Waals surface area contributed by atoms with Crippen molar-refractivity contribution >= 4 is 10.9 Å². The fourth-order valence-corrected chi connectivity index (χ4v) is 2.39. The van der Waals surface area contributed by atoms with Crippen LogP contribution in [0.5, 0.6) is 5.75 Å². The summed E-state index contributed by atoms with van der Waals surface area (Å²) in [4.78, 5) is 27.2. The van der Waals surface area contributed by atoms with E-state index < -0.39 is 5.69 Å². The highest BCUT2D eigenvalue weighted by molar-refractivity contribution is 5.78. The predicted molar refractivity (Wildman–Crippen MR) is 69.9 cm³/mol. The quantitative estimate of drug-likeness (QED) is 0.862. The van der Waals surface area contributed by atoms with Crippen LogP contribution in [0.1, 0.15) is 12.5 Å². The van der Waals surface area contributed by atoms with Gasteiger partial charge in [-0.1, -0.05) is 0 Å². The summed E-state index contributed by atoms with van der Waals surface area (Å²) >= 11 is 0. The standard InChI is InChI=1S/C13H14N2O4/c1-18-9-2-3-11-10(6-9)12(16)15(13(17)14-11)8-4-5-19-7-8/h2-3,6,8H,4-5,7H2,1H3,(H,14,17). The van der Waals surface area contributed by atoms with Crippen LogP contribution in [0.4, 0.5) is 0 Å². The van der Waals surface area contributed by atoms with Gasteiger partial charge < -0.3 is 14.5 Å². The topological polar surface area (TPSA) is 73.3 Å². The van der Waals surface area contributed by atoms with E-state index in [0.29, 0.717) is 36.3 Å². The summed E-state index contributed by atoms with van der Waals surface area (Å²) in [5.74, 6) is 0.589. The molecule has 2 aromatic rings. The van der Waals surface area contributed by atoms with E-state index in [-0.39, 0.29) is 11.6 Å². The second kappa shape index (κ2) is 4.55. The molecule has 0 saturated carbocycles. The number of aromatic amines is 1. The SMILES string of the molecule is COc1ccc2[nH]c(=O)n(C3CCOC3)c(=O)c2c1. The lowest BCUT2D eigenvalue weighted by Gasteiger charge is -2.11. The van der Waals surface area contributed by atoms with Crippen molar-refractivity contribution in [3.63, 3.8) is 0 Å². The van der Waals surface area contributed by atoms with Crippen molar-refractivity contribution in [2.75, 3.05) is 20.3 Å². The lowest BCUT2D eigenvalue weighted by Crippen LogP contribution is -2.38. The van der Waals surface area contributed by atoms with Crippen LogP contribution in [0, 0.1) is 0 Å². The minimum absolute atomic E-state index is 0.188. The maximum atomic E-state index is 12.4. The first-order chi connectivity index (χ1) is 9.20. The molecular formula is C13H14N2O4. The third kappa shape index (κ3) is 1.94. The first kappa shape index (κ1) is 12.0. The average Bonchev–Trinajstić information content (AvgIpc) is 2.92. The maximum absolute atomic E-state index is 12.4. The van der Waals surface area contributed by atoms with Crippen molar-refractivity contribution in [2.45, 2.75) is 12.5 Å². The van der Waals surface area contributed by atoms with Gasteiger partial charge in [-0.25, -0.2) is 4.79 Å². The van der Waals surface area contributed by atoms with Crippen molar-refractivity contribution in [3.8, 4) is 5.75 Å². The van der Waals surface area contributed by atoms with E-state index in [0.717, 1.165) is 0 Å². The number of ether oxygens (including phenoxy) is 2. The molecule has 0 spiro atoms. The van der Waals surface area contributed by atoms with Gasteiger partial charge in [-0.15, -0.1) is 0 Å². The van der Waals surface area contributed by atoms with E-state index in [1.54, 1.807) is 18.2 Å². The van der Waals surface area contributed by atoms with E-state index in [2.05, 4.69) is 4.98 Å². The number of aromatic nitrogens is 2. The van der Waals surface area contributed by atoms with Crippen molar-refractivity contribution in [1.29, 1.82) is 0 Å². The Balaban J connectivity index is 2.27. The molecule has 1 aromatic carbocycles. The third-order valence-electron chi connectivity index (χ3n) is 3.41. The number of methoxy groups -OCH3 is 1. The summed E-state index contributed by atoms with van der Waals surface area (Å²) in [6.45, 7) is 0.977. The lowest BCUT2D eigenvalue weighted by molar-refractivity contribution is 0.185. The molecule has 100 valence electrons. The summed E-state index contributed by atoms with van der Waals surface area (Å²) < 4.78 is 11.6. The van der Waals surface area contributed by atoms with Crippen LogP contribution in [0.2, 0.25) is 0 Å². The van der Waals surface area contributed by atoms with Crippen LogP contribution in [0.3, 0.4) is 0 Å². The molecule has 1 unspecified atom stereocenters. The van der Waals surface area contributed by atoms with Crippen molar-refractivity contribution < 1.29 is 9.47 Å². The Bertz CT molecular complexity index is 725. The van der Waals surface area contributed by atoms with Crippen LogP contribution in [0.25, 0.3) is 10.9 Å². The number of hydrogen-bond donors (Lipinski definition) is 1. The molecule has 1 aliphatic rings. The van der Waals surface area contributed by atoms with Crippen LogP contribution in [0.15, 0.2) is 27.8 Å². The maximum Gasteiger partial charge on any atom is 0.329 e. The van der Waals surface area contributed by atoms with Crippen molar-refractivity contribution in [1.82, 2.24) is 9.55 Å². The molecule has 1 saturated heterocycles. The third-order valence-corrected chi connectivity index (χ3v) is 3.41. The highest BCUT2D eigenvalue weighted by atomic mass is 16.5. The average molecular weight is 262 g/mol. The van der Waals surface area contributed by atoms with Gasteiger partial charge in [-0.3, -0.25) is 9.36 Å². The van der Waals surface area contributed by atoms with E-state index in [1.807, 2.05) is 0 Å². The van der Waals surface area contributed by atoms with E-state index in [4.69, 9.17) is 9.47 Å². The zero-order chi connectivity index (χ0) is 13.4. The van der Waals surface area contributed by atoms with Gasteiger partial charge in [0.1, 0.15) is 5.75 Å². The molecule has 2 heterocycles. The van der Waals surface area contributed by atoms with Gasteiger partial charge in [0.25, 0.3) is 5.56 Å². The van der Waals surface area contributed by atoms with E-state index in [9.17, 15) is 9.59 Å². The predicted octanol–water partition coefficient (Wildman–Crippen LogP) is 0.660. The lowest BCUT2D eigenvalue weighted by atomic mass is 10.2. The molecule has 1 aromatic heterocycles. The van der Waals surface area contributed by atoms with E-state index >= 15 is 0 Å². The van der Waals surface area contributed by atoms with Crippen LogP contribution >= 0.6 is 0 Å². The summed E-state index contributed by atoms with van der Waals surface area (Å²) in [7, 11) is 1.54. The van der Waals surface area contributed by atoms with Gasteiger partial charge in [0.15, 0.2) is 0 Å². The first-order valence-corrected chi connectivity index (χ1v) is 6.11. The summed E-state index contributed by atoms with van der Waals surface area (Å²) in [6.07, 6.45) is 0.679. The van der Waals surface area contributed by atoms with Crippen LogP contribution in [-0.4, -0.2) is 29.9 Å². The van der Waals surface area contributed by atoms with Crippen LogP contribution in [-0.2, 0) is 4.74 Å². The number of rotatable bonds is 2. The van der Waals surface area contributed by atoms with Gasteiger partial charge in [0.05, 0.1) is 30.7 Å². The van der Waals surface area contributed by atoms with Crippen LogP contribution < -0.4 is 16.0 Å². The Morgan fingerprint density at radius 1 is 1.42 bits per heavy atom. The summed E-state index contributed by atoms with van der Waals surface area (Å²) in [6, 6.07) is 4.83. The second-order valence-electron chi connectivity index (χ2n) is 4.53. The highest BCUT2D eigenvalue weighted by Crippen LogP contribution is 2.18. The smallest absolute Gasteiger partial charge is 0.329 e. The molecule has 0 amide bonds. The van der Waals surface area contributed by atoms with Gasteiger partial charge in [-0.2, -0.15) is 0 Å². The van der Waals surface area contributed by atoms with Gasteiger partial charge in [0, 0.05) is 6.61 Å². The molecular weight excluding hydrogens is 248 g/mol. The Hall–Kier alpha value is -2.08. The molecule has 0 radical (unpaired) electrons. The van der Waals surface area contributed by atoms with Gasteiger partial charge >= 0.3 is 5.69 Å². The monoisotopic (exact) mass is 262 g/mol. The zero-order valence-corrected chi connectivity index (χ0v) is 10.5. The zero-order valence-electron chi connectivity index (χ0n) is 10.5.